The van der Waals surface area contributed by atoms with E-state index < -0.39 is 0 Å². The summed E-state index contributed by atoms with van der Waals surface area (Å²) in [5.41, 5.74) is 2.84. The third-order valence-corrected chi connectivity index (χ3v) is 4.88. The molecule has 1 aromatic rings. The van der Waals surface area contributed by atoms with Gasteiger partial charge in [-0.25, -0.2) is 0 Å². The highest BCUT2D eigenvalue weighted by Gasteiger charge is 2.17. The maximum atomic E-state index is 4.51. The number of rotatable bonds is 4. The number of likely N-dealkylation sites (N-methyl/N-ethyl adjacent to an activating group) is 1. The van der Waals surface area contributed by atoms with Crippen molar-refractivity contribution in [1.29, 1.82) is 0 Å². The summed E-state index contributed by atoms with van der Waals surface area (Å²) in [6, 6.07) is 8.81. The van der Waals surface area contributed by atoms with Crippen LogP contribution in [0.1, 0.15) is 30.9 Å². The summed E-state index contributed by atoms with van der Waals surface area (Å²) in [4.78, 5) is 9.29. The Labute approximate surface area is 134 Å². The number of nitrogens with one attached hydrogen (secondary N) is 1. The number of likely N-dealkylation sites (tertiary alicyclic amines) is 1. The normalized spacial score (nSPS) is 20.3. The molecule has 0 unspecified atom stereocenters. The minimum Gasteiger partial charge on any atom is -0.352 e. The first-order valence-corrected chi connectivity index (χ1v) is 8.51. The largest absolute Gasteiger partial charge is 0.352 e. The van der Waals surface area contributed by atoms with Crippen molar-refractivity contribution in [3.63, 3.8) is 0 Å². The Morgan fingerprint density at radius 3 is 2.55 bits per heavy atom. The molecule has 2 aliphatic heterocycles. The Morgan fingerprint density at radius 2 is 1.86 bits per heavy atom. The molecule has 1 aromatic carbocycles. The molecule has 0 radical (unpaired) electrons. The summed E-state index contributed by atoms with van der Waals surface area (Å²) in [6.07, 6.45) is 2.67. The van der Waals surface area contributed by atoms with Gasteiger partial charge < -0.3 is 10.2 Å². The Kier molecular flexibility index (Phi) is 4.98. The molecule has 0 atom stereocenters. The molecule has 0 aromatic heterocycles. The van der Waals surface area contributed by atoms with Crippen molar-refractivity contribution in [3.8, 4) is 0 Å². The van der Waals surface area contributed by atoms with Gasteiger partial charge in [0, 0.05) is 26.7 Å². The van der Waals surface area contributed by atoms with Gasteiger partial charge in [0.1, 0.15) is 0 Å². The highest BCUT2D eigenvalue weighted by Crippen LogP contribution is 2.19. The van der Waals surface area contributed by atoms with E-state index in [0.29, 0.717) is 0 Å². The zero-order chi connectivity index (χ0) is 15.4. The van der Waals surface area contributed by atoms with Crippen molar-refractivity contribution in [1.82, 2.24) is 15.1 Å². The van der Waals surface area contributed by atoms with Gasteiger partial charge in [0.05, 0.1) is 6.54 Å². The predicted molar refractivity (Wildman–Crippen MR) is 91.9 cm³/mol. The van der Waals surface area contributed by atoms with Crippen molar-refractivity contribution < 1.29 is 0 Å². The molecule has 2 heterocycles. The van der Waals surface area contributed by atoms with Crippen LogP contribution in [0.2, 0.25) is 0 Å². The van der Waals surface area contributed by atoms with E-state index in [1.54, 1.807) is 0 Å². The van der Waals surface area contributed by atoms with Crippen molar-refractivity contribution in [2.24, 2.45) is 10.9 Å². The van der Waals surface area contributed by atoms with Crippen LogP contribution in [0, 0.1) is 5.92 Å². The zero-order valence-corrected chi connectivity index (χ0v) is 13.9. The van der Waals surface area contributed by atoms with Gasteiger partial charge in [-0.3, -0.25) is 9.89 Å². The summed E-state index contributed by atoms with van der Waals surface area (Å²) >= 11 is 0. The monoisotopic (exact) mass is 300 g/mol. The van der Waals surface area contributed by atoms with Gasteiger partial charge in [-0.15, -0.1) is 0 Å². The third kappa shape index (κ3) is 3.80. The molecule has 0 amide bonds. The first-order chi connectivity index (χ1) is 10.7. The van der Waals surface area contributed by atoms with Crippen LogP contribution in [-0.2, 0) is 13.1 Å². The number of aliphatic imine (C=N–C) groups is 1. The topological polar surface area (TPSA) is 30.9 Å². The second-order valence-electron chi connectivity index (χ2n) is 6.71. The van der Waals surface area contributed by atoms with Crippen LogP contribution in [0.25, 0.3) is 0 Å². The molecule has 1 fully saturated rings. The van der Waals surface area contributed by atoms with Gasteiger partial charge in [0.2, 0.25) is 0 Å². The molecular formula is C18H28N4. The van der Waals surface area contributed by atoms with Crippen LogP contribution in [-0.4, -0.2) is 49.0 Å². The third-order valence-electron chi connectivity index (χ3n) is 4.88. The quantitative estimate of drug-likeness (QED) is 0.926. The van der Waals surface area contributed by atoms with Crippen molar-refractivity contribution in [3.05, 3.63) is 35.4 Å². The zero-order valence-electron chi connectivity index (χ0n) is 13.9. The van der Waals surface area contributed by atoms with Crippen LogP contribution in [0.5, 0.6) is 0 Å². The fraction of sp³-hybridized carbons (Fsp3) is 0.611. The van der Waals surface area contributed by atoms with E-state index in [4.69, 9.17) is 0 Å². The number of piperidine rings is 1. The molecule has 0 spiro atoms. The molecule has 2 aliphatic rings. The lowest BCUT2D eigenvalue weighted by atomic mass is 9.98. The lowest BCUT2D eigenvalue weighted by molar-refractivity contribution is 0.185. The minimum atomic E-state index is 0.865. The lowest BCUT2D eigenvalue weighted by Crippen LogP contribution is -2.36. The molecule has 3 rings (SSSR count). The van der Waals surface area contributed by atoms with Gasteiger partial charge in [0.15, 0.2) is 5.96 Å². The van der Waals surface area contributed by atoms with Gasteiger partial charge in [-0.1, -0.05) is 31.2 Å². The number of guanidine groups is 1. The van der Waals surface area contributed by atoms with Crippen LogP contribution in [0.3, 0.4) is 0 Å². The summed E-state index contributed by atoms with van der Waals surface area (Å²) < 4.78 is 0. The van der Waals surface area contributed by atoms with Crippen molar-refractivity contribution in [2.75, 3.05) is 33.2 Å². The molecular weight excluding hydrogens is 272 g/mol. The average molecular weight is 300 g/mol. The number of hydrogen-bond acceptors (Lipinski definition) is 4. The minimum absolute atomic E-state index is 0.865. The summed E-state index contributed by atoms with van der Waals surface area (Å²) in [5.74, 6) is 1.92. The maximum Gasteiger partial charge on any atom is 0.194 e. The Hall–Kier alpha value is -1.55. The molecule has 0 saturated carbocycles. The molecule has 0 aliphatic carbocycles. The fourth-order valence-electron chi connectivity index (χ4n) is 3.24. The SMILES string of the molecule is CC1CCN(Cc2ccccc2CNC2=NCCN2C)CC1. The highest BCUT2D eigenvalue weighted by molar-refractivity contribution is 5.81. The van der Waals surface area contributed by atoms with Gasteiger partial charge >= 0.3 is 0 Å². The second kappa shape index (κ2) is 7.14. The van der Waals surface area contributed by atoms with E-state index in [1.807, 2.05) is 0 Å². The van der Waals surface area contributed by atoms with Gasteiger partial charge in [0.25, 0.3) is 0 Å². The van der Waals surface area contributed by atoms with Crippen LogP contribution in [0.15, 0.2) is 29.3 Å². The molecule has 4 nitrogen and oxygen atoms in total. The molecule has 1 saturated heterocycles. The number of nitrogens with zero attached hydrogens (tertiary/aromatic N) is 3. The summed E-state index contributed by atoms with van der Waals surface area (Å²) in [5, 5.41) is 3.49. The Morgan fingerprint density at radius 1 is 1.14 bits per heavy atom. The van der Waals surface area contributed by atoms with Crippen LogP contribution >= 0.6 is 0 Å². The van der Waals surface area contributed by atoms with Crippen LogP contribution in [0.4, 0.5) is 0 Å². The fourth-order valence-corrected chi connectivity index (χ4v) is 3.24. The highest BCUT2D eigenvalue weighted by atomic mass is 15.3. The molecule has 4 heteroatoms. The van der Waals surface area contributed by atoms with Crippen molar-refractivity contribution >= 4 is 5.96 Å². The molecule has 120 valence electrons. The van der Waals surface area contributed by atoms with Gasteiger partial charge in [-0.2, -0.15) is 0 Å². The predicted octanol–water partition coefficient (Wildman–Crippen LogP) is 2.31. The van der Waals surface area contributed by atoms with E-state index in [9.17, 15) is 0 Å². The van der Waals surface area contributed by atoms with E-state index in [2.05, 4.69) is 58.3 Å². The van der Waals surface area contributed by atoms with E-state index in [-0.39, 0.29) is 0 Å². The first kappa shape index (κ1) is 15.3. The maximum absolute atomic E-state index is 4.51. The number of hydrogen-bond donors (Lipinski definition) is 1. The Balaban J connectivity index is 1.60. The standard InChI is InChI=1S/C18H28N4/c1-15-7-10-22(11-8-15)14-17-6-4-3-5-16(17)13-20-18-19-9-12-21(18)2/h3-6,15H,7-14H2,1-2H3,(H,19,20). The van der Waals surface area contributed by atoms with E-state index in [1.165, 1.54) is 37.1 Å². The molecule has 0 bridgehead atoms. The summed E-state index contributed by atoms with van der Waals surface area (Å²) in [6.45, 7) is 8.71. The lowest BCUT2D eigenvalue weighted by Gasteiger charge is -2.30. The number of benzene rings is 1. The second-order valence-corrected chi connectivity index (χ2v) is 6.71. The van der Waals surface area contributed by atoms with Crippen molar-refractivity contribution in [2.45, 2.75) is 32.9 Å². The average Bonchev–Trinajstić information content (AvgIpc) is 2.94. The summed E-state index contributed by atoms with van der Waals surface area (Å²) in [7, 11) is 2.10. The smallest absolute Gasteiger partial charge is 0.194 e. The van der Waals surface area contributed by atoms with E-state index >= 15 is 0 Å². The van der Waals surface area contributed by atoms with Gasteiger partial charge in [-0.05, 0) is 43.0 Å². The van der Waals surface area contributed by atoms with Crippen LogP contribution < -0.4 is 5.32 Å². The first-order valence-electron chi connectivity index (χ1n) is 8.51. The molecule has 1 N–H and O–H groups in total. The van der Waals surface area contributed by atoms with E-state index in [0.717, 1.165) is 38.1 Å². The molecule has 22 heavy (non-hydrogen) atoms. The Bertz CT molecular complexity index is 518.